The van der Waals surface area contributed by atoms with Gasteiger partial charge < -0.3 is 10.2 Å². The largest absolute Gasteiger partial charge is 0.352 e. The molecule has 1 aliphatic carbocycles. The topological polar surface area (TPSA) is 86.8 Å². The molecule has 0 bridgehead atoms. The van der Waals surface area contributed by atoms with Crippen molar-refractivity contribution in [2.75, 3.05) is 17.1 Å². The Morgan fingerprint density at radius 1 is 1.00 bits per heavy atom. The second-order valence-corrected chi connectivity index (χ2v) is 12.1. The summed E-state index contributed by atoms with van der Waals surface area (Å²) in [5, 5.41) is 3.15. The molecule has 2 aromatic carbocycles. The van der Waals surface area contributed by atoms with Crippen LogP contribution in [-0.4, -0.2) is 50.0 Å². The highest BCUT2D eigenvalue weighted by atomic mass is 32.2. The number of aryl methyl sites for hydroxylation is 1. The van der Waals surface area contributed by atoms with Gasteiger partial charge in [-0.1, -0.05) is 61.7 Å². The minimum atomic E-state index is -3.53. The van der Waals surface area contributed by atoms with Crippen molar-refractivity contribution < 1.29 is 18.0 Å². The van der Waals surface area contributed by atoms with Crippen LogP contribution in [0.1, 0.15) is 68.6 Å². The van der Waals surface area contributed by atoms with Crippen molar-refractivity contribution in [2.45, 2.75) is 84.3 Å². The second kappa shape index (κ2) is 13.1. The zero-order valence-electron chi connectivity index (χ0n) is 22.6. The molecule has 0 radical (unpaired) electrons. The summed E-state index contributed by atoms with van der Waals surface area (Å²) in [4.78, 5) is 28.2. The lowest BCUT2D eigenvalue weighted by atomic mass is 9.95. The number of carbonyl (C=O) groups is 2. The Labute approximate surface area is 222 Å². The van der Waals surface area contributed by atoms with E-state index in [0.717, 1.165) is 42.4 Å². The van der Waals surface area contributed by atoms with Gasteiger partial charge in [0.25, 0.3) is 0 Å². The van der Waals surface area contributed by atoms with Crippen molar-refractivity contribution in [3.8, 4) is 0 Å². The van der Waals surface area contributed by atoms with Gasteiger partial charge in [-0.3, -0.25) is 13.9 Å². The van der Waals surface area contributed by atoms with Crippen LogP contribution in [-0.2, 0) is 26.2 Å². The third-order valence-corrected chi connectivity index (χ3v) is 8.49. The minimum absolute atomic E-state index is 0.135. The minimum Gasteiger partial charge on any atom is -0.352 e. The summed E-state index contributed by atoms with van der Waals surface area (Å²) < 4.78 is 26.6. The van der Waals surface area contributed by atoms with Gasteiger partial charge in [-0.25, -0.2) is 8.42 Å². The Balaban J connectivity index is 1.71. The molecule has 202 valence electrons. The zero-order chi connectivity index (χ0) is 27.0. The number of rotatable bonds is 11. The summed E-state index contributed by atoms with van der Waals surface area (Å²) in [5.74, 6) is -0.297. The van der Waals surface area contributed by atoms with Crippen molar-refractivity contribution in [1.82, 2.24) is 10.2 Å². The van der Waals surface area contributed by atoms with E-state index in [-0.39, 0.29) is 30.8 Å². The average molecular weight is 528 g/mol. The van der Waals surface area contributed by atoms with E-state index in [1.165, 1.54) is 17.0 Å². The highest BCUT2D eigenvalue weighted by Gasteiger charge is 2.28. The summed E-state index contributed by atoms with van der Waals surface area (Å²) in [6, 6.07) is 14.8. The number of sulfonamides is 1. The number of amides is 2. The molecule has 0 unspecified atom stereocenters. The van der Waals surface area contributed by atoms with Gasteiger partial charge in [-0.2, -0.15) is 0 Å². The van der Waals surface area contributed by atoms with Crippen molar-refractivity contribution in [3.63, 3.8) is 0 Å². The van der Waals surface area contributed by atoms with Gasteiger partial charge in [0.2, 0.25) is 21.8 Å². The SMILES string of the molecule is Cc1cccc(N(CCCC(=O)N(Cc2ccccc2)[C@@H](C)C(=O)NC2CCCCC2)S(C)(=O)=O)c1C. The molecule has 1 fully saturated rings. The van der Waals surface area contributed by atoms with E-state index < -0.39 is 16.1 Å². The van der Waals surface area contributed by atoms with Crippen LogP contribution in [0, 0.1) is 13.8 Å². The molecule has 8 heteroatoms. The Morgan fingerprint density at radius 3 is 2.32 bits per heavy atom. The lowest BCUT2D eigenvalue weighted by Crippen LogP contribution is -2.50. The van der Waals surface area contributed by atoms with Crippen molar-refractivity contribution in [1.29, 1.82) is 0 Å². The fraction of sp³-hybridized carbons (Fsp3) is 0.517. The molecule has 1 atom stereocenters. The molecular formula is C29H41N3O4S. The van der Waals surface area contributed by atoms with Gasteiger partial charge in [0.15, 0.2) is 0 Å². The Morgan fingerprint density at radius 2 is 1.68 bits per heavy atom. The molecule has 0 aliphatic heterocycles. The van der Waals surface area contributed by atoms with Crippen LogP contribution in [0.3, 0.4) is 0 Å². The van der Waals surface area contributed by atoms with Crippen LogP contribution < -0.4 is 9.62 Å². The summed E-state index contributed by atoms with van der Waals surface area (Å²) in [6.07, 6.45) is 7.07. The maximum atomic E-state index is 13.5. The van der Waals surface area contributed by atoms with Gasteiger partial charge in [-0.15, -0.1) is 0 Å². The Kier molecular flexibility index (Phi) is 10.1. The van der Waals surface area contributed by atoms with E-state index in [2.05, 4.69) is 5.32 Å². The van der Waals surface area contributed by atoms with Crippen LogP contribution in [0.25, 0.3) is 0 Å². The van der Waals surface area contributed by atoms with E-state index in [4.69, 9.17) is 0 Å². The molecule has 1 N–H and O–H groups in total. The first-order valence-corrected chi connectivity index (χ1v) is 15.1. The van der Waals surface area contributed by atoms with Crippen molar-refractivity contribution >= 4 is 27.5 Å². The van der Waals surface area contributed by atoms with E-state index in [0.29, 0.717) is 18.7 Å². The normalized spacial score (nSPS) is 15.1. The standard InChI is InChI=1S/C29H41N3O4S/c1-22-13-11-18-27(23(22)2)32(37(4,35)36)20-12-19-28(33)31(21-25-14-7-5-8-15-25)24(3)29(34)30-26-16-9-6-10-17-26/h5,7-8,11,13-15,18,24,26H,6,9-10,12,16-17,19-21H2,1-4H3,(H,30,34)/t24-/m0/s1. The predicted octanol–water partition coefficient (Wildman–Crippen LogP) is 4.72. The van der Waals surface area contributed by atoms with E-state index in [9.17, 15) is 18.0 Å². The number of hydrogen-bond donors (Lipinski definition) is 1. The Hall–Kier alpha value is -2.87. The number of nitrogens with zero attached hydrogens (tertiary/aromatic N) is 2. The van der Waals surface area contributed by atoms with E-state index >= 15 is 0 Å². The highest BCUT2D eigenvalue weighted by molar-refractivity contribution is 7.92. The lowest BCUT2D eigenvalue weighted by Gasteiger charge is -2.31. The first-order valence-electron chi connectivity index (χ1n) is 13.3. The third kappa shape index (κ3) is 8.06. The maximum absolute atomic E-state index is 13.5. The molecule has 37 heavy (non-hydrogen) atoms. The molecule has 0 aromatic heterocycles. The van der Waals surface area contributed by atoms with Gasteiger partial charge in [-0.05, 0) is 62.8 Å². The van der Waals surface area contributed by atoms with E-state index in [1.54, 1.807) is 17.9 Å². The van der Waals surface area contributed by atoms with Gasteiger partial charge in [0.1, 0.15) is 6.04 Å². The lowest BCUT2D eigenvalue weighted by molar-refractivity contribution is -0.141. The quantitative estimate of drug-likeness (QED) is 0.458. The summed E-state index contributed by atoms with van der Waals surface area (Å²) in [6.45, 7) is 6.15. The third-order valence-electron chi connectivity index (χ3n) is 7.31. The summed E-state index contributed by atoms with van der Waals surface area (Å²) in [5.41, 5.74) is 3.49. The summed E-state index contributed by atoms with van der Waals surface area (Å²) in [7, 11) is -3.53. The van der Waals surface area contributed by atoms with Gasteiger partial charge in [0.05, 0.1) is 11.9 Å². The van der Waals surface area contributed by atoms with Gasteiger partial charge >= 0.3 is 0 Å². The van der Waals surface area contributed by atoms with Gasteiger partial charge in [0, 0.05) is 25.6 Å². The number of nitrogens with one attached hydrogen (secondary N) is 1. The van der Waals surface area contributed by atoms with Crippen LogP contribution in [0.2, 0.25) is 0 Å². The molecule has 0 saturated heterocycles. The Bertz CT molecular complexity index is 1160. The monoisotopic (exact) mass is 527 g/mol. The molecule has 3 rings (SSSR count). The maximum Gasteiger partial charge on any atom is 0.242 e. The first kappa shape index (κ1) is 28.7. The second-order valence-electron chi connectivity index (χ2n) is 10.2. The van der Waals surface area contributed by atoms with Crippen LogP contribution >= 0.6 is 0 Å². The number of anilines is 1. The fourth-order valence-corrected chi connectivity index (χ4v) is 5.94. The molecule has 0 heterocycles. The molecular weight excluding hydrogens is 486 g/mol. The molecule has 2 amide bonds. The van der Waals surface area contributed by atoms with Crippen LogP contribution in [0.4, 0.5) is 5.69 Å². The molecule has 0 spiro atoms. The molecule has 7 nitrogen and oxygen atoms in total. The molecule has 1 aliphatic rings. The number of benzene rings is 2. The average Bonchev–Trinajstić information content (AvgIpc) is 2.87. The highest BCUT2D eigenvalue weighted by Crippen LogP contribution is 2.25. The van der Waals surface area contributed by atoms with Crippen LogP contribution in [0.5, 0.6) is 0 Å². The molecule has 2 aromatic rings. The van der Waals surface area contributed by atoms with Crippen molar-refractivity contribution in [2.24, 2.45) is 0 Å². The zero-order valence-corrected chi connectivity index (χ0v) is 23.4. The smallest absolute Gasteiger partial charge is 0.242 e. The fourth-order valence-electron chi connectivity index (χ4n) is 4.92. The molecule has 1 saturated carbocycles. The van der Waals surface area contributed by atoms with Crippen molar-refractivity contribution in [3.05, 3.63) is 65.2 Å². The first-order chi connectivity index (χ1) is 17.6. The predicted molar refractivity (Wildman–Crippen MR) is 149 cm³/mol. The van der Waals surface area contributed by atoms with Crippen LogP contribution in [0.15, 0.2) is 48.5 Å². The summed E-state index contributed by atoms with van der Waals surface area (Å²) >= 11 is 0. The van der Waals surface area contributed by atoms with E-state index in [1.807, 2.05) is 56.3 Å². The number of hydrogen-bond acceptors (Lipinski definition) is 4. The number of carbonyl (C=O) groups excluding carboxylic acids is 2.